The normalized spacial score (nSPS) is 17.7. The lowest BCUT2D eigenvalue weighted by atomic mass is 10.0. The minimum atomic E-state index is 0.215. The van der Waals surface area contributed by atoms with E-state index < -0.39 is 0 Å². The van der Waals surface area contributed by atoms with Crippen LogP contribution in [-0.4, -0.2) is 43.9 Å². The first-order chi connectivity index (χ1) is 12.1. The summed E-state index contributed by atoms with van der Waals surface area (Å²) in [6, 6.07) is 6.72. The summed E-state index contributed by atoms with van der Waals surface area (Å²) in [5, 5.41) is 9.04. The average Bonchev–Trinajstić information content (AvgIpc) is 3.08. The van der Waals surface area contributed by atoms with Gasteiger partial charge in [0, 0.05) is 12.6 Å². The predicted octanol–water partition coefficient (Wildman–Crippen LogP) is 3.77. The maximum atomic E-state index is 12.7. The molecule has 6 heteroatoms. The van der Waals surface area contributed by atoms with Crippen molar-refractivity contribution in [1.82, 2.24) is 19.7 Å². The number of benzene rings is 1. The van der Waals surface area contributed by atoms with Gasteiger partial charge in [-0.25, -0.2) is 0 Å². The molecule has 0 saturated carbocycles. The van der Waals surface area contributed by atoms with E-state index in [1.54, 1.807) is 6.33 Å². The Hall–Kier alpha value is -1.82. The zero-order valence-electron chi connectivity index (χ0n) is 15.2. The molecule has 1 aliphatic rings. The van der Waals surface area contributed by atoms with Crippen molar-refractivity contribution in [3.8, 4) is 5.69 Å². The molecule has 5 nitrogen and oxygen atoms in total. The van der Waals surface area contributed by atoms with Crippen LogP contribution < -0.4 is 0 Å². The standard InChI is InChI=1S/C19H26N4OS/c1-4-16-7-5-6-10-22(16)18(24)12-25-19-21-20-13-23(19)17-9-8-14(2)11-15(17)3/h8-9,11,13,16H,4-7,10,12H2,1-3H3. The van der Waals surface area contributed by atoms with E-state index in [-0.39, 0.29) is 5.91 Å². The third-order valence-corrected chi connectivity index (χ3v) is 5.80. The second-order valence-electron chi connectivity index (χ2n) is 6.71. The summed E-state index contributed by atoms with van der Waals surface area (Å²) in [4.78, 5) is 14.7. The average molecular weight is 359 g/mol. The van der Waals surface area contributed by atoms with Crippen LogP contribution in [0.3, 0.4) is 0 Å². The van der Waals surface area contributed by atoms with Crippen LogP contribution in [0.5, 0.6) is 0 Å². The van der Waals surface area contributed by atoms with Gasteiger partial charge in [0.2, 0.25) is 5.91 Å². The van der Waals surface area contributed by atoms with Crippen molar-refractivity contribution in [2.75, 3.05) is 12.3 Å². The largest absolute Gasteiger partial charge is 0.339 e. The zero-order chi connectivity index (χ0) is 17.8. The number of carbonyl (C=O) groups is 1. The molecular weight excluding hydrogens is 332 g/mol. The summed E-state index contributed by atoms with van der Waals surface area (Å²) < 4.78 is 1.97. The Morgan fingerprint density at radius 3 is 2.92 bits per heavy atom. The predicted molar refractivity (Wildman–Crippen MR) is 101 cm³/mol. The Morgan fingerprint density at radius 1 is 1.32 bits per heavy atom. The fourth-order valence-corrected chi connectivity index (χ4v) is 4.33. The Morgan fingerprint density at radius 2 is 2.16 bits per heavy atom. The second-order valence-corrected chi connectivity index (χ2v) is 7.65. The lowest BCUT2D eigenvalue weighted by Gasteiger charge is -2.35. The number of hydrogen-bond acceptors (Lipinski definition) is 4. The first-order valence-electron chi connectivity index (χ1n) is 9.00. The first kappa shape index (κ1) is 18.0. The van der Waals surface area contributed by atoms with E-state index >= 15 is 0 Å². The van der Waals surface area contributed by atoms with E-state index in [0.29, 0.717) is 11.8 Å². The van der Waals surface area contributed by atoms with Gasteiger partial charge in [0.05, 0.1) is 11.4 Å². The molecule has 1 aliphatic heterocycles. The van der Waals surface area contributed by atoms with Crippen molar-refractivity contribution in [3.63, 3.8) is 0 Å². The van der Waals surface area contributed by atoms with E-state index in [0.717, 1.165) is 36.7 Å². The number of hydrogen-bond donors (Lipinski definition) is 0. The number of aryl methyl sites for hydroxylation is 2. The minimum Gasteiger partial charge on any atom is -0.339 e. The van der Waals surface area contributed by atoms with Crippen LogP contribution in [0.2, 0.25) is 0 Å². The van der Waals surface area contributed by atoms with Crippen LogP contribution in [0.4, 0.5) is 0 Å². The van der Waals surface area contributed by atoms with Crippen LogP contribution in [0, 0.1) is 13.8 Å². The third-order valence-electron chi connectivity index (χ3n) is 4.87. The molecule has 0 N–H and O–H groups in total. The van der Waals surface area contributed by atoms with Crippen LogP contribution in [-0.2, 0) is 4.79 Å². The molecule has 1 amide bonds. The topological polar surface area (TPSA) is 51.0 Å². The minimum absolute atomic E-state index is 0.215. The van der Waals surface area contributed by atoms with Gasteiger partial charge in [0.25, 0.3) is 0 Å². The molecule has 1 atom stereocenters. The molecule has 3 rings (SSSR count). The van der Waals surface area contributed by atoms with Crippen molar-refractivity contribution in [3.05, 3.63) is 35.7 Å². The molecule has 134 valence electrons. The lowest BCUT2D eigenvalue weighted by Crippen LogP contribution is -2.44. The summed E-state index contributed by atoms with van der Waals surface area (Å²) in [5.74, 6) is 0.631. The zero-order valence-corrected chi connectivity index (χ0v) is 16.1. The van der Waals surface area contributed by atoms with Gasteiger partial charge in [-0.15, -0.1) is 10.2 Å². The Balaban J connectivity index is 1.70. The van der Waals surface area contributed by atoms with Crippen molar-refractivity contribution >= 4 is 17.7 Å². The van der Waals surface area contributed by atoms with Gasteiger partial charge in [-0.1, -0.05) is 36.4 Å². The highest BCUT2D eigenvalue weighted by atomic mass is 32.2. The van der Waals surface area contributed by atoms with Gasteiger partial charge >= 0.3 is 0 Å². The fourth-order valence-electron chi connectivity index (χ4n) is 3.53. The summed E-state index contributed by atoms with van der Waals surface area (Å²) in [7, 11) is 0. The molecule has 2 heterocycles. The van der Waals surface area contributed by atoms with Gasteiger partial charge in [-0.2, -0.15) is 0 Å². The highest BCUT2D eigenvalue weighted by molar-refractivity contribution is 7.99. The summed E-state index contributed by atoms with van der Waals surface area (Å²) in [5.41, 5.74) is 3.47. The number of rotatable bonds is 5. The molecule has 1 unspecified atom stereocenters. The smallest absolute Gasteiger partial charge is 0.233 e. The van der Waals surface area contributed by atoms with E-state index in [4.69, 9.17) is 0 Å². The van der Waals surface area contributed by atoms with E-state index in [1.807, 2.05) is 4.57 Å². The first-order valence-corrected chi connectivity index (χ1v) is 9.98. The van der Waals surface area contributed by atoms with E-state index in [2.05, 4.69) is 54.1 Å². The van der Waals surface area contributed by atoms with Gasteiger partial charge < -0.3 is 4.90 Å². The van der Waals surface area contributed by atoms with Crippen LogP contribution in [0.15, 0.2) is 29.7 Å². The van der Waals surface area contributed by atoms with Crippen molar-refractivity contribution in [1.29, 1.82) is 0 Å². The molecule has 1 aromatic heterocycles. The van der Waals surface area contributed by atoms with Crippen molar-refractivity contribution in [2.45, 2.75) is 57.7 Å². The monoisotopic (exact) mass is 358 g/mol. The van der Waals surface area contributed by atoms with Crippen LogP contribution >= 0.6 is 11.8 Å². The van der Waals surface area contributed by atoms with E-state index in [9.17, 15) is 4.79 Å². The number of aromatic nitrogens is 3. The second kappa shape index (κ2) is 8.04. The molecular formula is C19H26N4OS. The maximum Gasteiger partial charge on any atom is 0.233 e. The molecule has 2 aromatic rings. The number of piperidine rings is 1. The molecule has 1 saturated heterocycles. The lowest BCUT2D eigenvalue weighted by molar-refractivity contribution is -0.132. The molecule has 0 aliphatic carbocycles. The Kier molecular flexibility index (Phi) is 5.78. The Labute approximate surface area is 153 Å². The maximum absolute atomic E-state index is 12.7. The van der Waals surface area contributed by atoms with E-state index in [1.165, 1.54) is 29.3 Å². The Bertz CT molecular complexity index is 743. The quantitative estimate of drug-likeness (QED) is 0.764. The van der Waals surface area contributed by atoms with Crippen LogP contribution in [0.25, 0.3) is 5.69 Å². The number of thioether (sulfide) groups is 1. The summed E-state index contributed by atoms with van der Waals surface area (Å²) >= 11 is 1.47. The number of carbonyl (C=O) groups excluding carboxylic acids is 1. The number of amides is 1. The van der Waals surface area contributed by atoms with Gasteiger partial charge in [0.15, 0.2) is 5.16 Å². The fraction of sp³-hybridized carbons (Fsp3) is 0.526. The highest BCUT2D eigenvalue weighted by Crippen LogP contribution is 2.25. The van der Waals surface area contributed by atoms with Gasteiger partial charge in [-0.05, 0) is 51.2 Å². The van der Waals surface area contributed by atoms with Gasteiger partial charge in [0.1, 0.15) is 6.33 Å². The number of nitrogens with zero attached hydrogens (tertiary/aromatic N) is 4. The molecule has 0 spiro atoms. The highest BCUT2D eigenvalue weighted by Gasteiger charge is 2.25. The van der Waals surface area contributed by atoms with Crippen molar-refractivity contribution < 1.29 is 4.79 Å². The third kappa shape index (κ3) is 4.06. The molecule has 0 radical (unpaired) electrons. The molecule has 1 fully saturated rings. The molecule has 1 aromatic carbocycles. The van der Waals surface area contributed by atoms with Gasteiger partial charge in [-0.3, -0.25) is 9.36 Å². The summed E-state index contributed by atoms with van der Waals surface area (Å²) in [6.45, 7) is 7.23. The number of likely N-dealkylation sites (tertiary alicyclic amines) is 1. The van der Waals surface area contributed by atoms with Crippen LogP contribution in [0.1, 0.15) is 43.7 Å². The molecule has 0 bridgehead atoms. The van der Waals surface area contributed by atoms with Crippen molar-refractivity contribution in [2.24, 2.45) is 0 Å². The summed E-state index contributed by atoms with van der Waals surface area (Å²) in [6.07, 6.45) is 6.24. The SMILES string of the molecule is CCC1CCCCN1C(=O)CSc1nncn1-c1ccc(C)cc1C. The molecule has 25 heavy (non-hydrogen) atoms.